The van der Waals surface area contributed by atoms with Crippen LogP contribution in [0, 0.1) is 5.41 Å². The summed E-state index contributed by atoms with van der Waals surface area (Å²) in [6, 6.07) is -0.121. The Bertz CT molecular complexity index is 467. The van der Waals surface area contributed by atoms with Crippen LogP contribution >= 0.6 is 11.3 Å². The van der Waals surface area contributed by atoms with E-state index in [1.54, 1.807) is 0 Å². The summed E-state index contributed by atoms with van der Waals surface area (Å²) < 4.78 is 37.2. The molecule has 0 spiro atoms. The lowest BCUT2D eigenvalue weighted by Gasteiger charge is -2.32. The van der Waals surface area contributed by atoms with Crippen molar-refractivity contribution in [3.05, 3.63) is 10.6 Å². The molecule has 1 aromatic rings. The summed E-state index contributed by atoms with van der Waals surface area (Å²) in [6.45, 7) is 3.22. The Morgan fingerprint density at radius 2 is 2.11 bits per heavy atom. The van der Waals surface area contributed by atoms with Gasteiger partial charge in [-0.3, -0.25) is 0 Å². The van der Waals surface area contributed by atoms with Gasteiger partial charge in [-0.1, -0.05) is 13.8 Å². The van der Waals surface area contributed by atoms with Gasteiger partial charge in [-0.05, 0) is 18.3 Å². The molecule has 2 rings (SSSR count). The van der Waals surface area contributed by atoms with Crippen LogP contribution in [0.15, 0.2) is 0 Å². The Morgan fingerprint density at radius 3 is 2.68 bits per heavy atom. The molecular formula is C12H18F3N3S. The molecule has 0 radical (unpaired) electrons. The minimum Gasteiger partial charge on any atom is -0.342 e. The summed E-state index contributed by atoms with van der Waals surface area (Å²) in [4.78, 5) is 6.42. The molecule has 3 nitrogen and oxygen atoms in total. The van der Waals surface area contributed by atoms with Gasteiger partial charge in [0.15, 0.2) is 5.13 Å². The molecule has 7 heteroatoms. The Labute approximate surface area is 114 Å². The standard InChI is InChI=1S/C12H18F3N3S/c1-11(2)4-7(16)9-8(5-11)17-10(19-9)18(3)6-12(13,14)15/h7H,4-6,16H2,1-3H3. The molecule has 0 saturated carbocycles. The second kappa shape index (κ2) is 4.63. The van der Waals surface area contributed by atoms with Gasteiger partial charge in [0.25, 0.3) is 0 Å². The summed E-state index contributed by atoms with van der Waals surface area (Å²) in [5.74, 6) is 0. The van der Waals surface area contributed by atoms with E-state index in [4.69, 9.17) is 5.73 Å². The number of alkyl halides is 3. The van der Waals surface area contributed by atoms with E-state index in [9.17, 15) is 13.2 Å². The smallest absolute Gasteiger partial charge is 0.342 e. The highest BCUT2D eigenvalue weighted by atomic mass is 32.1. The summed E-state index contributed by atoms with van der Waals surface area (Å²) in [7, 11) is 1.41. The fourth-order valence-corrected chi connectivity index (χ4v) is 3.52. The zero-order chi connectivity index (χ0) is 14.4. The average molecular weight is 293 g/mol. The first-order valence-corrected chi connectivity index (χ1v) is 6.92. The van der Waals surface area contributed by atoms with E-state index in [-0.39, 0.29) is 11.5 Å². The van der Waals surface area contributed by atoms with Gasteiger partial charge < -0.3 is 10.6 Å². The van der Waals surface area contributed by atoms with Crippen LogP contribution in [-0.4, -0.2) is 24.8 Å². The fraction of sp³-hybridized carbons (Fsp3) is 0.750. The minimum atomic E-state index is -4.22. The largest absolute Gasteiger partial charge is 0.405 e. The van der Waals surface area contributed by atoms with Crippen LogP contribution in [0.3, 0.4) is 0 Å². The molecule has 0 fully saturated rings. The normalized spacial score (nSPS) is 22.2. The number of hydrogen-bond acceptors (Lipinski definition) is 4. The monoisotopic (exact) mass is 293 g/mol. The quantitative estimate of drug-likeness (QED) is 0.911. The summed E-state index contributed by atoms with van der Waals surface area (Å²) in [6.07, 6.45) is -2.61. The predicted molar refractivity (Wildman–Crippen MR) is 70.5 cm³/mol. The lowest BCUT2D eigenvalue weighted by Crippen LogP contribution is -2.30. The van der Waals surface area contributed by atoms with E-state index in [1.807, 2.05) is 0 Å². The predicted octanol–water partition coefficient (Wildman–Crippen LogP) is 3.11. The van der Waals surface area contributed by atoms with Crippen molar-refractivity contribution in [2.75, 3.05) is 18.5 Å². The second-order valence-corrected chi connectivity index (χ2v) is 6.94. The molecule has 0 saturated heterocycles. The average Bonchev–Trinajstić information content (AvgIpc) is 2.56. The minimum absolute atomic E-state index is 0.0559. The maximum atomic E-state index is 12.4. The first-order chi connectivity index (χ1) is 8.57. The second-order valence-electron chi connectivity index (χ2n) is 5.93. The zero-order valence-electron chi connectivity index (χ0n) is 11.2. The van der Waals surface area contributed by atoms with Crippen molar-refractivity contribution in [1.29, 1.82) is 0 Å². The van der Waals surface area contributed by atoms with Gasteiger partial charge in [-0.2, -0.15) is 13.2 Å². The van der Waals surface area contributed by atoms with Crippen molar-refractivity contribution >= 4 is 16.5 Å². The number of aromatic nitrogens is 1. The number of thiazole rings is 1. The highest BCUT2D eigenvalue weighted by Gasteiger charge is 2.35. The molecule has 1 aliphatic carbocycles. The van der Waals surface area contributed by atoms with Crippen molar-refractivity contribution < 1.29 is 13.2 Å². The van der Waals surface area contributed by atoms with Crippen LogP contribution in [0.2, 0.25) is 0 Å². The summed E-state index contributed by atoms with van der Waals surface area (Å²) >= 11 is 1.28. The van der Waals surface area contributed by atoms with Gasteiger partial charge in [-0.15, -0.1) is 11.3 Å². The number of hydrogen-bond donors (Lipinski definition) is 1. The molecule has 2 N–H and O–H groups in total. The summed E-state index contributed by atoms with van der Waals surface area (Å²) in [5.41, 5.74) is 7.01. The molecular weight excluding hydrogens is 275 g/mol. The third kappa shape index (κ3) is 3.39. The molecule has 0 aliphatic heterocycles. The molecule has 1 atom stereocenters. The van der Waals surface area contributed by atoms with E-state index in [1.165, 1.54) is 18.4 Å². The lowest BCUT2D eigenvalue weighted by molar-refractivity contribution is -0.119. The first kappa shape index (κ1) is 14.6. The Morgan fingerprint density at radius 1 is 1.47 bits per heavy atom. The number of halogens is 3. The van der Waals surface area contributed by atoms with Gasteiger partial charge in [0, 0.05) is 18.0 Å². The Balaban J connectivity index is 2.23. The van der Waals surface area contributed by atoms with E-state index < -0.39 is 12.7 Å². The third-order valence-electron chi connectivity index (χ3n) is 3.21. The molecule has 1 aromatic heterocycles. The van der Waals surface area contributed by atoms with Gasteiger partial charge in [0.1, 0.15) is 6.54 Å². The third-order valence-corrected chi connectivity index (χ3v) is 4.56. The van der Waals surface area contributed by atoms with Gasteiger partial charge in [0.05, 0.1) is 5.69 Å². The zero-order valence-corrected chi connectivity index (χ0v) is 12.0. The first-order valence-electron chi connectivity index (χ1n) is 6.10. The van der Waals surface area contributed by atoms with Crippen LogP contribution in [-0.2, 0) is 6.42 Å². The van der Waals surface area contributed by atoms with Gasteiger partial charge in [-0.25, -0.2) is 4.98 Å². The number of nitrogens with zero attached hydrogens (tertiary/aromatic N) is 2. The molecule has 0 bridgehead atoms. The molecule has 108 valence electrons. The van der Waals surface area contributed by atoms with E-state index >= 15 is 0 Å². The number of nitrogens with two attached hydrogens (primary N) is 1. The van der Waals surface area contributed by atoms with Crippen molar-refractivity contribution in [2.24, 2.45) is 11.1 Å². The lowest BCUT2D eigenvalue weighted by atomic mass is 9.77. The highest BCUT2D eigenvalue weighted by Crippen LogP contribution is 2.43. The van der Waals surface area contributed by atoms with Gasteiger partial charge in [0.2, 0.25) is 0 Å². The van der Waals surface area contributed by atoms with Crippen molar-refractivity contribution in [2.45, 2.75) is 38.9 Å². The van der Waals surface area contributed by atoms with Crippen molar-refractivity contribution in [1.82, 2.24) is 4.98 Å². The number of rotatable bonds is 2. The molecule has 19 heavy (non-hydrogen) atoms. The molecule has 0 amide bonds. The van der Waals surface area contributed by atoms with Crippen LogP contribution in [0.4, 0.5) is 18.3 Å². The molecule has 0 aromatic carbocycles. The van der Waals surface area contributed by atoms with Crippen LogP contribution < -0.4 is 10.6 Å². The number of anilines is 1. The van der Waals surface area contributed by atoms with Crippen molar-refractivity contribution in [3.8, 4) is 0 Å². The molecule has 1 aliphatic rings. The Hall–Kier alpha value is -0.820. The van der Waals surface area contributed by atoms with Crippen LogP contribution in [0.5, 0.6) is 0 Å². The maximum Gasteiger partial charge on any atom is 0.405 e. The highest BCUT2D eigenvalue weighted by molar-refractivity contribution is 7.15. The molecule has 1 unspecified atom stereocenters. The maximum absolute atomic E-state index is 12.4. The van der Waals surface area contributed by atoms with Crippen molar-refractivity contribution in [3.63, 3.8) is 0 Å². The fourth-order valence-electron chi connectivity index (χ4n) is 2.48. The van der Waals surface area contributed by atoms with E-state index in [0.29, 0.717) is 5.13 Å². The topological polar surface area (TPSA) is 42.2 Å². The molecule has 1 heterocycles. The van der Waals surface area contributed by atoms with E-state index in [2.05, 4.69) is 18.8 Å². The van der Waals surface area contributed by atoms with Gasteiger partial charge >= 0.3 is 6.18 Å². The van der Waals surface area contributed by atoms with E-state index in [0.717, 1.165) is 28.3 Å². The van der Waals surface area contributed by atoms with Crippen LogP contribution in [0.25, 0.3) is 0 Å². The summed E-state index contributed by atoms with van der Waals surface area (Å²) in [5, 5.41) is 0.399. The number of fused-ring (bicyclic) bond motifs is 1. The SMILES string of the molecule is CN(CC(F)(F)F)c1nc2c(s1)C(N)CC(C)(C)C2. The Kier molecular flexibility index (Phi) is 3.55. The van der Waals surface area contributed by atoms with Crippen LogP contribution in [0.1, 0.15) is 36.9 Å².